The third kappa shape index (κ3) is 3.71. The third-order valence-electron chi connectivity index (χ3n) is 3.66. The summed E-state index contributed by atoms with van der Waals surface area (Å²) >= 11 is 0. The average molecular weight is 314 g/mol. The van der Waals surface area contributed by atoms with Crippen LogP contribution in [0.4, 0.5) is 11.5 Å². The fourth-order valence-electron chi connectivity index (χ4n) is 2.42. The summed E-state index contributed by atoms with van der Waals surface area (Å²) in [5.74, 6) is 0.189. The smallest absolute Gasteiger partial charge is 0.330 e. The number of anilines is 2. The molecular weight excluding hydrogens is 292 g/mol. The van der Waals surface area contributed by atoms with Crippen molar-refractivity contribution in [2.45, 2.75) is 20.4 Å². The number of aromatic amines is 1. The molecule has 0 radical (unpaired) electrons. The number of benzene rings is 1. The van der Waals surface area contributed by atoms with Gasteiger partial charge in [-0.15, -0.1) is 0 Å². The maximum atomic E-state index is 12.2. The minimum Gasteiger partial charge on any atom is -0.383 e. The summed E-state index contributed by atoms with van der Waals surface area (Å²) in [7, 11) is 0. The molecule has 2 aromatic rings. The average Bonchev–Trinajstić information content (AvgIpc) is 2.55. The molecule has 23 heavy (non-hydrogen) atoms. The Bertz CT molecular complexity index is 790. The summed E-state index contributed by atoms with van der Waals surface area (Å²) in [6, 6.07) is 9.52. The van der Waals surface area contributed by atoms with Gasteiger partial charge in [-0.1, -0.05) is 42.5 Å². The minimum atomic E-state index is -0.498. The van der Waals surface area contributed by atoms with Gasteiger partial charge < -0.3 is 10.6 Å². The van der Waals surface area contributed by atoms with Crippen molar-refractivity contribution in [3.8, 4) is 0 Å². The van der Waals surface area contributed by atoms with Gasteiger partial charge in [-0.25, -0.2) is 4.79 Å². The predicted molar refractivity (Wildman–Crippen MR) is 94.0 cm³/mol. The van der Waals surface area contributed by atoms with Crippen LogP contribution in [-0.4, -0.2) is 22.6 Å². The number of likely N-dealkylation sites (N-methyl/N-ethyl adjacent to an activating group) is 1. The van der Waals surface area contributed by atoms with Crippen LogP contribution in [0.1, 0.15) is 19.4 Å². The highest BCUT2D eigenvalue weighted by Gasteiger charge is 2.17. The van der Waals surface area contributed by atoms with Crippen LogP contribution in [0.15, 0.2) is 52.1 Å². The molecule has 1 heterocycles. The van der Waals surface area contributed by atoms with Crippen molar-refractivity contribution < 1.29 is 0 Å². The minimum absolute atomic E-state index is 0.189. The van der Waals surface area contributed by atoms with Gasteiger partial charge in [-0.05, 0) is 19.4 Å². The van der Waals surface area contributed by atoms with Gasteiger partial charge >= 0.3 is 5.69 Å². The molecule has 0 saturated carbocycles. The summed E-state index contributed by atoms with van der Waals surface area (Å²) in [4.78, 5) is 28.6. The molecular formula is C17H22N4O2. The van der Waals surface area contributed by atoms with Gasteiger partial charge in [0, 0.05) is 13.1 Å². The molecule has 122 valence electrons. The molecule has 1 aromatic heterocycles. The molecule has 0 fully saturated rings. The molecule has 6 heteroatoms. The highest BCUT2D eigenvalue weighted by Crippen LogP contribution is 2.17. The quantitative estimate of drug-likeness (QED) is 0.793. The number of nitrogens with zero attached hydrogens (tertiary/aromatic N) is 2. The van der Waals surface area contributed by atoms with Crippen LogP contribution >= 0.6 is 0 Å². The van der Waals surface area contributed by atoms with E-state index >= 15 is 0 Å². The second kappa shape index (κ2) is 7.49. The Kier molecular flexibility index (Phi) is 5.41. The Hall–Kier alpha value is -2.76. The zero-order valence-corrected chi connectivity index (χ0v) is 13.5. The van der Waals surface area contributed by atoms with E-state index in [1.54, 1.807) is 0 Å². The first kappa shape index (κ1) is 16.6. The topological polar surface area (TPSA) is 84.1 Å². The lowest BCUT2D eigenvalue weighted by molar-refractivity contribution is 0.724. The standard InChI is InChI=1S/C17H22N4O2/c1-3-5-11-20(4-2)14-15(18)21(17(23)19-16(14)22)12-13-9-7-6-8-10-13/h3,5-10H,4,11-12,18H2,1-2H3,(H,19,22,23). The van der Waals surface area contributed by atoms with E-state index < -0.39 is 11.2 Å². The van der Waals surface area contributed by atoms with Crippen LogP contribution in [0.2, 0.25) is 0 Å². The third-order valence-corrected chi connectivity index (χ3v) is 3.66. The Morgan fingerprint density at radius 2 is 1.96 bits per heavy atom. The fraction of sp³-hybridized carbons (Fsp3) is 0.294. The predicted octanol–water partition coefficient (Wildman–Crippen LogP) is 1.57. The van der Waals surface area contributed by atoms with E-state index in [1.807, 2.05) is 61.2 Å². The van der Waals surface area contributed by atoms with Crippen molar-refractivity contribution in [1.29, 1.82) is 0 Å². The largest absolute Gasteiger partial charge is 0.383 e. The van der Waals surface area contributed by atoms with Crippen LogP contribution < -0.4 is 21.9 Å². The van der Waals surface area contributed by atoms with E-state index in [0.29, 0.717) is 25.3 Å². The molecule has 0 amide bonds. The van der Waals surface area contributed by atoms with Gasteiger partial charge in [0.05, 0.1) is 6.54 Å². The van der Waals surface area contributed by atoms with Crippen molar-refractivity contribution in [2.75, 3.05) is 23.7 Å². The summed E-state index contributed by atoms with van der Waals surface area (Å²) in [5.41, 5.74) is 6.48. The number of nitrogen functional groups attached to an aromatic ring is 1. The van der Waals surface area contributed by atoms with Gasteiger partial charge in [0.2, 0.25) is 0 Å². The normalized spacial score (nSPS) is 11.0. The molecule has 0 spiro atoms. The van der Waals surface area contributed by atoms with Crippen LogP contribution in [0, 0.1) is 0 Å². The van der Waals surface area contributed by atoms with Crippen molar-refractivity contribution in [3.05, 3.63) is 68.9 Å². The van der Waals surface area contributed by atoms with Crippen LogP contribution in [0.5, 0.6) is 0 Å². The van der Waals surface area contributed by atoms with Gasteiger partial charge in [0.15, 0.2) is 0 Å². The number of aromatic nitrogens is 2. The lowest BCUT2D eigenvalue weighted by Crippen LogP contribution is -2.38. The molecule has 0 saturated heterocycles. The summed E-state index contributed by atoms with van der Waals surface area (Å²) in [6.07, 6.45) is 3.85. The number of hydrogen-bond acceptors (Lipinski definition) is 4. The highest BCUT2D eigenvalue weighted by molar-refractivity contribution is 5.62. The van der Waals surface area contributed by atoms with Crippen molar-refractivity contribution >= 4 is 11.5 Å². The summed E-state index contributed by atoms with van der Waals surface area (Å²) in [6.45, 7) is 5.34. The zero-order valence-electron chi connectivity index (χ0n) is 13.5. The monoisotopic (exact) mass is 314 g/mol. The number of H-pyrrole nitrogens is 1. The van der Waals surface area contributed by atoms with E-state index in [2.05, 4.69) is 4.98 Å². The Morgan fingerprint density at radius 1 is 1.26 bits per heavy atom. The number of rotatable bonds is 6. The Morgan fingerprint density at radius 3 is 2.57 bits per heavy atom. The molecule has 2 rings (SSSR count). The SMILES string of the molecule is CC=CCN(CC)c1c(N)n(Cc2ccccc2)c(=O)[nH]c1=O. The van der Waals surface area contributed by atoms with Crippen molar-refractivity contribution in [1.82, 2.24) is 9.55 Å². The number of nitrogens with one attached hydrogen (secondary N) is 1. The van der Waals surface area contributed by atoms with Crippen LogP contribution in [0.25, 0.3) is 0 Å². The molecule has 0 atom stereocenters. The molecule has 0 aliphatic heterocycles. The molecule has 0 aliphatic rings. The molecule has 0 unspecified atom stereocenters. The van der Waals surface area contributed by atoms with E-state index in [-0.39, 0.29) is 5.82 Å². The first-order valence-corrected chi connectivity index (χ1v) is 7.61. The van der Waals surface area contributed by atoms with E-state index in [9.17, 15) is 9.59 Å². The number of hydrogen-bond donors (Lipinski definition) is 2. The first-order valence-electron chi connectivity index (χ1n) is 7.61. The van der Waals surface area contributed by atoms with Gasteiger partial charge in [-0.2, -0.15) is 0 Å². The van der Waals surface area contributed by atoms with Gasteiger partial charge in [0.25, 0.3) is 5.56 Å². The van der Waals surface area contributed by atoms with Crippen LogP contribution in [0.3, 0.4) is 0 Å². The molecule has 1 aromatic carbocycles. The maximum Gasteiger partial charge on any atom is 0.330 e. The van der Waals surface area contributed by atoms with Gasteiger partial charge in [-0.3, -0.25) is 14.3 Å². The van der Waals surface area contributed by atoms with E-state index in [1.165, 1.54) is 4.57 Å². The molecule has 0 aliphatic carbocycles. The lowest BCUT2D eigenvalue weighted by atomic mass is 10.2. The molecule has 3 N–H and O–H groups in total. The maximum absolute atomic E-state index is 12.2. The number of nitrogens with two attached hydrogens (primary N) is 1. The molecule has 0 bridgehead atoms. The Balaban J connectivity index is 2.50. The van der Waals surface area contributed by atoms with Crippen molar-refractivity contribution in [2.24, 2.45) is 0 Å². The first-order chi connectivity index (χ1) is 11.1. The lowest BCUT2D eigenvalue weighted by Gasteiger charge is -2.23. The second-order valence-corrected chi connectivity index (χ2v) is 5.17. The number of allylic oxidation sites excluding steroid dienone is 1. The molecule has 6 nitrogen and oxygen atoms in total. The summed E-state index contributed by atoms with van der Waals surface area (Å²) in [5, 5.41) is 0. The Labute approximate surface area is 134 Å². The van der Waals surface area contributed by atoms with E-state index in [4.69, 9.17) is 5.73 Å². The van der Waals surface area contributed by atoms with Crippen LogP contribution in [-0.2, 0) is 6.54 Å². The second-order valence-electron chi connectivity index (χ2n) is 5.17. The zero-order chi connectivity index (χ0) is 16.8. The highest BCUT2D eigenvalue weighted by atomic mass is 16.2. The van der Waals surface area contributed by atoms with E-state index in [0.717, 1.165) is 5.56 Å². The summed E-state index contributed by atoms with van der Waals surface area (Å²) < 4.78 is 1.39. The van der Waals surface area contributed by atoms with Crippen molar-refractivity contribution in [3.63, 3.8) is 0 Å². The fourth-order valence-corrected chi connectivity index (χ4v) is 2.42. The van der Waals surface area contributed by atoms with Gasteiger partial charge in [0.1, 0.15) is 11.5 Å².